The molecular weight excluding hydrogens is 466 g/mol. The highest BCUT2D eigenvalue weighted by Gasteiger charge is 2.23. The molecule has 0 saturated carbocycles. The van der Waals surface area contributed by atoms with E-state index in [1.54, 1.807) is 20.0 Å². The number of nitrogens with two attached hydrogens (primary N) is 1. The lowest BCUT2D eigenvalue weighted by Crippen LogP contribution is -2.39. The van der Waals surface area contributed by atoms with Gasteiger partial charge in [-0.25, -0.2) is 9.19 Å². The molecule has 2 atom stereocenters. The maximum Gasteiger partial charge on any atom is 0.228 e. The summed E-state index contributed by atoms with van der Waals surface area (Å²) >= 11 is 3.46. The summed E-state index contributed by atoms with van der Waals surface area (Å²) in [5.41, 5.74) is 3.26. The second-order valence-electron chi connectivity index (χ2n) is 8.41. The molecular formula is C21H32BrN5O2S. The van der Waals surface area contributed by atoms with Crippen molar-refractivity contribution in [2.75, 3.05) is 16.4 Å². The first-order valence-corrected chi connectivity index (χ1v) is 12.1. The SMILES string of the molecule is CC1=CCC(Nc2ncc(Br)c(N[C@H](C)C(C)(C)O)n2)=CC(C(C)C)=C1CS(N)=O. The Balaban J connectivity index is 2.34. The van der Waals surface area contributed by atoms with Crippen LogP contribution < -0.4 is 15.8 Å². The quantitative estimate of drug-likeness (QED) is 0.431. The Kier molecular flexibility index (Phi) is 8.38. The Morgan fingerprint density at radius 3 is 2.60 bits per heavy atom. The lowest BCUT2D eigenvalue weighted by molar-refractivity contribution is 0.0647. The summed E-state index contributed by atoms with van der Waals surface area (Å²) in [6, 6.07) is -0.214. The molecule has 0 saturated heterocycles. The molecule has 1 aliphatic rings. The zero-order chi connectivity index (χ0) is 22.6. The number of halogens is 1. The average molecular weight is 498 g/mol. The van der Waals surface area contributed by atoms with E-state index in [1.165, 1.54) is 0 Å². The van der Waals surface area contributed by atoms with E-state index in [1.807, 2.05) is 13.8 Å². The standard InChI is InChI=1S/C21H32BrN5O2S/c1-12(2)16-9-15(8-7-13(3)17(16)11-30(23)29)26-20-24-10-18(22)19(27-20)25-14(4)21(5,6)28/h7,9-10,12,14,28H,8,11,23H2,1-6H3,(H2,24,25,26,27)/t14-,30?/m1/s1. The molecule has 0 bridgehead atoms. The maximum atomic E-state index is 11.7. The number of aromatic nitrogens is 2. The van der Waals surface area contributed by atoms with Crippen LogP contribution in [-0.2, 0) is 11.0 Å². The lowest BCUT2D eigenvalue weighted by Gasteiger charge is -2.27. The van der Waals surface area contributed by atoms with E-state index < -0.39 is 16.6 Å². The summed E-state index contributed by atoms with van der Waals surface area (Å²) in [5, 5.41) is 22.3. The highest BCUT2D eigenvalue weighted by atomic mass is 79.9. The molecule has 0 aromatic carbocycles. The van der Waals surface area contributed by atoms with E-state index in [4.69, 9.17) is 5.14 Å². The fourth-order valence-corrected chi connectivity index (χ4v) is 3.93. The highest BCUT2D eigenvalue weighted by molar-refractivity contribution is 9.10. The van der Waals surface area contributed by atoms with E-state index in [2.05, 4.69) is 62.5 Å². The maximum absolute atomic E-state index is 11.7. The fraction of sp³-hybridized carbons (Fsp3) is 0.524. The number of hydrogen-bond acceptors (Lipinski definition) is 6. The van der Waals surface area contributed by atoms with E-state index in [0.29, 0.717) is 28.4 Å². The molecule has 9 heteroatoms. The first-order chi connectivity index (χ1) is 13.9. The number of hydrogen-bond donors (Lipinski definition) is 4. The third-order valence-corrected chi connectivity index (χ3v) is 6.27. The average Bonchev–Trinajstić information content (AvgIpc) is 2.77. The van der Waals surface area contributed by atoms with Gasteiger partial charge >= 0.3 is 0 Å². The van der Waals surface area contributed by atoms with Crippen LogP contribution in [0.25, 0.3) is 0 Å². The summed E-state index contributed by atoms with van der Waals surface area (Å²) in [7, 11) is -1.40. The second-order valence-corrected chi connectivity index (χ2v) is 10.3. The summed E-state index contributed by atoms with van der Waals surface area (Å²) in [6.45, 7) is 11.6. The van der Waals surface area contributed by atoms with Crippen LogP contribution in [0.2, 0.25) is 0 Å². The topological polar surface area (TPSA) is 113 Å². The van der Waals surface area contributed by atoms with Crippen LogP contribution in [0.15, 0.2) is 45.2 Å². The van der Waals surface area contributed by atoms with Crippen LogP contribution in [0, 0.1) is 5.92 Å². The number of nitrogens with one attached hydrogen (secondary N) is 2. The number of allylic oxidation sites excluding steroid dienone is 4. The van der Waals surface area contributed by atoms with Crippen LogP contribution in [0.5, 0.6) is 0 Å². The largest absolute Gasteiger partial charge is 0.388 e. The van der Waals surface area contributed by atoms with Gasteiger partial charge in [-0.15, -0.1) is 0 Å². The molecule has 1 heterocycles. The zero-order valence-electron chi connectivity index (χ0n) is 18.4. The summed E-state index contributed by atoms with van der Waals surface area (Å²) < 4.78 is 12.4. The molecule has 0 fully saturated rings. The molecule has 0 spiro atoms. The van der Waals surface area contributed by atoms with Crippen molar-refractivity contribution in [1.29, 1.82) is 0 Å². The van der Waals surface area contributed by atoms with Crippen molar-refractivity contribution in [3.8, 4) is 0 Å². The number of aliphatic hydroxyl groups is 1. The van der Waals surface area contributed by atoms with Gasteiger partial charge in [-0.2, -0.15) is 4.98 Å². The Bertz CT molecular complexity index is 903. The van der Waals surface area contributed by atoms with Crippen LogP contribution in [-0.4, -0.2) is 36.7 Å². The molecule has 0 amide bonds. The van der Waals surface area contributed by atoms with Gasteiger partial charge in [0.15, 0.2) is 0 Å². The highest BCUT2D eigenvalue weighted by Crippen LogP contribution is 2.29. The summed E-state index contributed by atoms with van der Waals surface area (Å²) in [6.07, 6.45) is 6.53. The molecule has 2 rings (SSSR count). The Hall–Kier alpha value is -1.55. The van der Waals surface area contributed by atoms with Gasteiger partial charge in [0.05, 0.1) is 32.9 Å². The van der Waals surface area contributed by atoms with Crippen molar-refractivity contribution in [2.45, 2.75) is 59.6 Å². The van der Waals surface area contributed by atoms with Crippen molar-refractivity contribution >= 4 is 38.7 Å². The Labute approximate surface area is 190 Å². The normalized spacial score (nSPS) is 17.3. The third-order valence-electron chi connectivity index (χ3n) is 5.12. The molecule has 1 aliphatic carbocycles. The molecule has 1 unspecified atom stereocenters. The smallest absolute Gasteiger partial charge is 0.228 e. The Morgan fingerprint density at radius 2 is 2.03 bits per heavy atom. The van der Waals surface area contributed by atoms with Gasteiger partial charge in [0, 0.05) is 18.3 Å². The van der Waals surface area contributed by atoms with Crippen molar-refractivity contribution in [2.24, 2.45) is 11.1 Å². The van der Waals surface area contributed by atoms with Gasteiger partial charge in [-0.1, -0.05) is 25.5 Å². The first kappa shape index (κ1) is 24.7. The minimum atomic E-state index is -1.40. The van der Waals surface area contributed by atoms with Crippen LogP contribution in [0.1, 0.15) is 48.0 Å². The fourth-order valence-electron chi connectivity index (χ4n) is 2.94. The van der Waals surface area contributed by atoms with Crippen LogP contribution >= 0.6 is 15.9 Å². The third kappa shape index (κ3) is 6.73. The molecule has 7 nitrogen and oxygen atoms in total. The van der Waals surface area contributed by atoms with Gasteiger partial charge < -0.3 is 15.7 Å². The van der Waals surface area contributed by atoms with Crippen molar-refractivity contribution in [1.82, 2.24) is 9.97 Å². The summed E-state index contributed by atoms with van der Waals surface area (Å²) in [5.74, 6) is 1.63. The monoisotopic (exact) mass is 497 g/mol. The van der Waals surface area contributed by atoms with Crippen molar-refractivity contribution < 1.29 is 9.32 Å². The number of nitrogens with zero attached hydrogens (tertiary/aromatic N) is 2. The number of anilines is 2. The molecule has 30 heavy (non-hydrogen) atoms. The minimum Gasteiger partial charge on any atom is -0.388 e. The zero-order valence-corrected chi connectivity index (χ0v) is 20.8. The van der Waals surface area contributed by atoms with Gasteiger partial charge in [0.25, 0.3) is 0 Å². The molecule has 5 N–H and O–H groups in total. The minimum absolute atomic E-state index is 0.214. The number of rotatable bonds is 8. The van der Waals surface area contributed by atoms with E-state index in [9.17, 15) is 9.32 Å². The second kappa shape index (κ2) is 10.2. The van der Waals surface area contributed by atoms with Crippen LogP contribution in [0.4, 0.5) is 11.8 Å². The molecule has 1 aromatic heterocycles. The van der Waals surface area contributed by atoms with E-state index in [0.717, 1.165) is 22.4 Å². The molecule has 1 aromatic rings. The molecule has 166 valence electrons. The van der Waals surface area contributed by atoms with E-state index >= 15 is 0 Å². The van der Waals surface area contributed by atoms with Crippen LogP contribution in [0.3, 0.4) is 0 Å². The predicted molar refractivity (Wildman–Crippen MR) is 128 cm³/mol. The lowest BCUT2D eigenvalue weighted by atomic mass is 9.94. The molecule has 0 aliphatic heterocycles. The molecule has 0 radical (unpaired) electrons. The predicted octanol–water partition coefficient (Wildman–Crippen LogP) is 4.03. The van der Waals surface area contributed by atoms with E-state index in [-0.39, 0.29) is 12.0 Å². The van der Waals surface area contributed by atoms with Crippen molar-refractivity contribution in [3.63, 3.8) is 0 Å². The van der Waals surface area contributed by atoms with Gasteiger partial charge in [-0.3, -0.25) is 5.14 Å². The Morgan fingerprint density at radius 1 is 1.37 bits per heavy atom. The first-order valence-electron chi connectivity index (χ1n) is 9.90. The van der Waals surface area contributed by atoms with Gasteiger partial charge in [0.2, 0.25) is 5.95 Å². The van der Waals surface area contributed by atoms with Crippen molar-refractivity contribution in [3.05, 3.63) is 45.2 Å². The van der Waals surface area contributed by atoms with Gasteiger partial charge in [-0.05, 0) is 66.8 Å². The van der Waals surface area contributed by atoms with Gasteiger partial charge in [0.1, 0.15) is 5.82 Å². The summed E-state index contributed by atoms with van der Waals surface area (Å²) in [4.78, 5) is 8.94.